The van der Waals surface area contributed by atoms with E-state index in [1.807, 2.05) is 0 Å². The van der Waals surface area contributed by atoms with Crippen molar-refractivity contribution in [3.63, 3.8) is 0 Å². The van der Waals surface area contributed by atoms with Crippen molar-refractivity contribution in [2.24, 2.45) is 11.8 Å². The number of hydrogen-bond acceptors (Lipinski definition) is 2. The van der Waals surface area contributed by atoms with Crippen LogP contribution in [0, 0.1) is 11.8 Å². The molecule has 2 rings (SSSR count). The van der Waals surface area contributed by atoms with Crippen molar-refractivity contribution in [1.82, 2.24) is 5.32 Å². The maximum absolute atomic E-state index is 6.02. The molecule has 114 valence electrons. The van der Waals surface area contributed by atoms with E-state index in [0.29, 0.717) is 11.8 Å². The number of rotatable bonds is 7. The van der Waals surface area contributed by atoms with Crippen LogP contribution < -0.4 is 10.1 Å². The van der Waals surface area contributed by atoms with Crippen LogP contribution >= 0.6 is 0 Å². The fourth-order valence-electron chi connectivity index (χ4n) is 2.38. The van der Waals surface area contributed by atoms with E-state index in [2.05, 4.69) is 69.4 Å². The predicted octanol–water partition coefficient (Wildman–Crippen LogP) is 4.62. The molecule has 2 nitrogen and oxygen atoms in total. The summed E-state index contributed by atoms with van der Waals surface area (Å²) in [5.74, 6) is 2.20. The third-order valence-corrected chi connectivity index (χ3v) is 3.42. The van der Waals surface area contributed by atoms with Crippen LogP contribution in [0.1, 0.15) is 33.3 Å². The van der Waals surface area contributed by atoms with Gasteiger partial charge in [0.15, 0.2) is 0 Å². The van der Waals surface area contributed by atoms with Gasteiger partial charge in [0.25, 0.3) is 0 Å². The first-order valence-electron chi connectivity index (χ1n) is 7.92. The molecule has 2 aromatic rings. The predicted molar refractivity (Wildman–Crippen MR) is 90.8 cm³/mol. The number of ether oxygens (including phenoxy) is 1. The highest BCUT2D eigenvalue weighted by Crippen LogP contribution is 2.28. The molecular formula is C19H27NO. The molecule has 2 heteroatoms. The monoisotopic (exact) mass is 285 g/mol. The standard InChI is InChI=1S/C19H27NO/c1-14(2)11-20-12-18-17-8-6-5-7-16(17)9-10-19(18)21-13-15(3)4/h5-10,14-15,20H,11-13H2,1-4H3. The minimum absolute atomic E-state index is 0.535. The molecule has 0 bridgehead atoms. The van der Waals surface area contributed by atoms with Gasteiger partial charge in [0.1, 0.15) is 5.75 Å². The van der Waals surface area contributed by atoms with Gasteiger partial charge in [0.2, 0.25) is 0 Å². The van der Waals surface area contributed by atoms with Crippen molar-refractivity contribution < 1.29 is 4.74 Å². The lowest BCUT2D eigenvalue weighted by atomic mass is 10.0. The van der Waals surface area contributed by atoms with Crippen LogP contribution in [-0.2, 0) is 6.54 Å². The highest BCUT2D eigenvalue weighted by atomic mass is 16.5. The topological polar surface area (TPSA) is 21.3 Å². The SMILES string of the molecule is CC(C)CNCc1c(OCC(C)C)ccc2ccccc12. The molecule has 1 N–H and O–H groups in total. The van der Waals surface area contributed by atoms with Gasteiger partial charge in [0.05, 0.1) is 6.61 Å². The lowest BCUT2D eigenvalue weighted by Gasteiger charge is -2.16. The molecule has 2 aromatic carbocycles. The van der Waals surface area contributed by atoms with E-state index in [1.54, 1.807) is 0 Å². The average molecular weight is 285 g/mol. The molecule has 0 atom stereocenters. The van der Waals surface area contributed by atoms with E-state index in [9.17, 15) is 0 Å². The molecule has 0 aliphatic carbocycles. The summed E-state index contributed by atoms with van der Waals surface area (Å²) in [4.78, 5) is 0. The second kappa shape index (κ2) is 7.46. The van der Waals surface area contributed by atoms with Crippen LogP contribution in [0.25, 0.3) is 10.8 Å². The Morgan fingerprint density at radius 1 is 0.952 bits per heavy atom. The van der Waals surface area contributed by atoms with E-state index >= 15 is 0 Å². The molecule has 0 aromatic heterocycles. The molecule has 0 radical (unpaired) electrons. The zero-order valence-corrected chi connectivity index (χ0v) is 13.6. The maximum Gasteiger partial charge on any atom is 0.124 e. The summed E-state index contributed by atoms with van der Waals surface area (Å²) in [6.45, 7) is 11.4. The molecule has 0 fully saturated rings. The minimum Gasteiger partial charge on any atom is -0.493 e. The van der Waals surface area contributed by atoms with Crippen molar-refractivity contribution in [3.05, 3.63) is 42.0 Å². The molecule has 0 saturated carbocycles. The molecule has 0 unspecified atom stereocenters. The van der Waals surface area contributed by atoms with Crippen molar-refractivity contribution in [2.45, 2.75) is 34.2 Å². The van der Waals surface area contributed by atoms with Crippen LogP contribution in [-0.4, -0.2) is 13.2 Å². The highest BCUT2D eigenvalue weighted by molar-refractivity contribution is 5.87. The summed E-state index contributed by atoms with van der Waals surface area (Å²) in [5.41, 5.74) is 1.27. The van der Waals surface area contributed by atoms with Crippen molar-refractivity contribution in [2.75, 3.05) is 13.2 Å². The van der Waals surface area contributed by atoms with Gasteiger partial charge in [0, 0.05) is 12.1 Å². The van der Waals surface area contributed by atoms with E-state index in [0.717, 1.165) is 25.4 Å². The largest absolute Gasteiger partial charge is 0.493 e. The van der Waals surface area contributed by atoms with Gasteiger partial charge < -0.3 is 10.1 Å². The Morgan fingerprint density at radius 3 is 2.43 bits per heavy atom. The van der Waals surface area contributed by atoms with Gasteiger partial charge in [-0.1, -0.05) is 58.0 Å². The van der Waals surface area contributed by atoms with Gasteiger partial charge in [-0.15, -0.1) is 0 Å². The lowest BCUT2D eigenvalue weighted by Crippen LogP contribution is -2.20. The Labute approximate surface area is 128 Å². The van der Waals surface area contributed by atoms with E-state index < -0.39 is 0 Å². The summed E-state index contributed by atoms with van der Waals surface area (Å²) in [5, 5.41) is 6.10. The average Bonchev–Trinajstić information content (AvgIpc) is 2.45. The van der Waals surface area contributed by atoms with E-state index in [1.165, 1.54) is 16.3 Å². The zero-order chi connectivity index (χ0) is 15.2. The smallest absolute Gasteiger partial charge is 0.124 e. The molecule has 0 saturated heterocycles. The molecule has 0 aliphatic rings. The third kappa shape index (κ3) is 4.47. The lowest BCUT2D eigenvalue weighted by molar-refractivity contribution is 0.268. The molecular weight excluding hydrogens is 258 g/mol. The normalized spacial score (nSPS) is 11.5. The van der Waals surface area contributed by atoms with Gasteiger partial charge in [-0.3, -0.25) is 0 Å². The Bertz CT molecular complexity index is 575. The summed E-state index contributed by atoms with van der Waals surface area (Å²) in [7, 11) is 0. The van der Waals surface area contributed by atoms with Crippen LogP contribution in [0.3, 0.4) is 0 Å². The molecule has 0 aliphatic heterocycles. The molecule has 21 heavy (non-hydrogen) atoms. The second-order valence-corrected chi connectivity index (χ2v) is 6.49. The Hall–Kier alpha value is -1.54. The fourth-order valence-corrected chi connectivity index (χ4v) is 2.38. The third-order valence-electron chi connectivity index (χ3n) is 3.42. The van der Waals surface area contributed by atoms with Crippen molar-refractivity contribution in [1.29, 1.82) is 0 Å². The highest BCUT2D eigenvalue weighted by Gasteiger charge is 2.09. The Morgan fingerprint density at radius 2 is 1.71 bits per heavy atom. The number of nitrogens with one attached hydrogen (secondary N) is 1. The zero-order valence-electron chi connectivity index (χ0n) is 13.6. The number of hydrogen-bond donors (Lipinski definition) is 1. The van der Waals surface area contributed by atoms with E-state index in [-0.39, 0.29) is 0 Å². The van der Waals surface area contributed by atoms with Gasteiger partial charge in [-0.2, -0.15) is 0 Å². The molecule has 0 spiro atoms. The van der Waals surface area contributed by atoms with E-state index in [4.69, 9.17) is 4.74 Å². The summed E-state index contributed by atoms with van der Waals surface area (Å²) < 4.78 is 6.02. The molecule has 0 heterocycles. The summed E-state index contributed by atoms with van der Waals surface area (Å²) in [6, 6.07) is 12.8. The van der Waals surface area contributed by atoms with Crippen molar-refractivity contribution in [3.8, 4) is 5.75 Å². The van der Waals surface area contributed by atoms with Crippen LogP contribution in [0.4, 0.5) is 0 Å². The van der Waals surface area contributed by atoms with Crippen LogP contribution in [0.15, 0.2) is 36.4 Å². The Kier molecular flexibility index (Phi) is 5.63. The first kappa shape index (κ1) is 15.8. The quantitative estimate of drug-likeness (QED) is 0.801. The van der Waals surface area contributed by atoms with Gasteiger partial charge in [-0.25, -0.2) is 0 Å². The maximum atomic E-state index is 6.02. The second-order valence-electron chi connectivity index (χ2n) is 6.49. The fraction of sp³-hybridized carbons (Fsp3) is 0.474. The first-order chi connectivity index (χ1) is 10.1. The van der Waals surface area contributed by atoms with Crippen molar-refractivity contribution >= 4 is 10.8 Å². The number of fused-ring (bicyclic) bond motifs is 1. The van der Waals surface area contributed by atoms with Gasteiger partial charge in [-0.05, 0) is 35.2 Å². The molecule has 0 amide bonds. The Balaban J connectivity index is 2.28. The summed E-state index contributed by atoms with van der Waals surface area (Å²) in [6.07, 6.45) is 0. The number of benzene rings is 2. The van der Waals surface area contributed by atoms with Crippen LogP contribution in [0.2, 0.25) is 0 Å². The minimum atomic E-state index is 0.535. The van der Waals surface area contributed by atoms with Gasteiger partial charge >= 0.3 is 0 Å². The summed E-state index contributed by atoms with van der Waals surface area (Å²) >= 11 is 0. The first-order valence-corrected chi connectivity index (χ1v) is 7.92. The van der Waals surface area contributed by atoms with Crippen LogP contribution in [0.5, 0.6) is 5.75 Å².